The fraction of sp³-hybridized carbons (Fsp3) is 0.235. The predicted molar refractivity (Wildman–Crippen MR) is 95.7 cm³/mol. The minimum Gasteiger partial charge on any atom is -0.365 e. The number of aryl methyl sites for hydroxylation is 1. The standard InChI is InChI=1S/C17H17ClN2O3S/c1-12-8-16-17(20(12)15-4-2-14(18)3-5-15)9-13(10-19-16)6-7-23-11-24(21)22/h2-5,8-10,24H,6-7,11H2,1H3. The molecule has 2 heterocycles. The summed E-state index contributed by atoms with van der Waals surface area (Å²) in [7, 11) is -2.50. The van der Waals surface area contributed by atoms with E-state index in [0.29, 0.717) is 18.1 Å². The van der Waals surface area contributed by atoms with Crippen molar-refractivity contribution in [2.75, 3.05) is 12.5 Å². The van der Waals surface area contributed by atoms with Gasteiger partial charge in [0.25, 0.3) is 0 Å². The molecule has 0 N–H and O–H groups in total. The predicted octanol–water partition coefficient (Wildman–Crippen LogP) is 3.12. The molecule has 0 bridgehead atoms. The van der Waals surface area contributed by atoms with E-state index in [2.05, 4.69) is 15.6 Å². The molecular formula is C17H17ClN2O3S. The van der Waals surface area contributed by atoms with Crippen LogP contribution >= 0.6 is 11.6 Å². The third-order valence-corrected chi connectivity index (χ3v) is 4.36. The Labute approximate surface area is 146 Å². The first kappa shape index (κ1) is 17.0. The smallest absolute Gasteiger partial charge is 0.164 e. The van der Waals surface area contributed by atoms with Crippen molar-refractivity contribution in [3.05, 3.63) is 58.9 Å². The van der Waals surface area contributed by atoms with E-state index in [1.54, 1.807) is 6.20 Å². The maximum atomic E-state index is 10.5. The zero-order valence-electron chi connectivity index (χ0n) is 13.1. The largest absolute Gasteiger partial charge is 0.365 e. The van der Waals surface area contributed by atoms with Crippen LogP contribution in [-0.4, -0.2) is 30.5 Å². The van der Waals surface area contributed by atoms with Crippen LogP contribution in [0.25, 0.3) is 16.7 Å². The van der Waals surface area contributed by atoms with E-state index in [9.17, 15) is 8.42 Å². The molecule has 0 radical (unpaired) electrons. The van der Waals surface area contributed by atoms with Gasteiger partial charge in [0.15, 0.2) is 10.7 Å². The van der Waals surface area contributed by atoms with Gasteiger partial charge in [-0.3, -0.25) is 4.98 Å². The Morgan fingerprint density at radius 2 is 1.96 bits per heavy atom. The fourth-order valence-electron chi connectivity index (χ4n) is 2.65. The molecule has 0 aliphatic carbocycles. The molecule has 0 saturated heterocycles. The summed E-state index contributed by atoms with van der Waals surface area (Å²) in [6.45, 7) is 2.38. The SMILES string of the molecule is Cc1cc2ncc(CCOC[SH](=O)=O)cc2n1-c1ccc(Cl)cc1. The van der Waals surface area contributed by atoms with Crippen molar-refractivity contribution in [3.8, 4) is 5.69 Å². The van der Waals surface area contributed by atoms with Crippen LogP contribution in [0.1, 0.15) is 11.3 Å². The zero-order chi connectivity index (χ0) is 17.1. The van der Waals surface area contributed by atoms with E-state index in [1.807, 2.05) is 37.3 Å². The summed E-state index contributed by atoms with van der Waals surface area (Å²) in [6, 6.07) is 11.7. The first-order chi connectivity index (χ1) is 11.5. The molecule has 24 heavy (non-hydrogen) atoms. The molecule has 0 aliphatic heterocycles. The quantitative estimate of drug-likeness (QED) is 0.539. The second-order valence-electron chi connectivity index (χ2n) is 5.47. The zero-order valence-corrected chi connectivity index (χ0v) is 14.8. The number of thiol groups is 1. The second kappa shape index (κ2) is 7.34. The Kier molecular flexibility index (Phi) is 5.18. The first-order valence-corrected chi connectivity index (χ1v) is 9.21. The summed E-state index contributed by atoms with van der Waals surface area (Å²) < 4.78 is 28.2. The van der Waals surface area contributed by atoms with Gasteiger partial charge in [-0.2, -0.15) is 0 Å². The van der Waals surface area contributed by atoms with Gasteiger partial charge in [-0.05, 0) is 55.3 Å². The highest BCUT2D eigenvalue weighted by Gasteiger charge is 2.09. The molecule has 126 valence electrons. The molecule has 0 saturated carbocycles. The summed E-state index contributed by atoms with van der Waals surface area (Å²) >= 11 is 5.97. The molecule has 0 aliphatic rings. The van der Waals surface area contributed by atoms with Crippen molar-refractivity contribution in [2.45, 2.75) is 13.3 Å². The van der Waals surface area contributed by atoms with Crippen molar-refractivity contribution in [2.24, 2.45) is 0 Å². The number of aromatic nitrogens is 2. The minimum absolute atomic E-state index is 0.245. The summed E-state index contributed by atoms with van der Waals surface area (Å²) in [6.07, 6.45) is 2.41. The van der Waals surface area contributed by atoms with Crippen molar-refractivity contribution >= 4 is 33.3 Å². The number of halogens is 1. The van der Waals surface area contributed by atoms with Crippen LogP contribution < -0.4 is 0 Å². The number of rotatable bonds is 6. The maximum Gasteiger partial charge on any atom is 0.164 e. The summed E-state index contributed by atoms with van der Waals surface area (Å²) in [5.41, 5.74) is 5.01. The number of pyridine rings is 1. The number of hydrogen-bond acceptors (Lipinski definition) is 4. The van der Waals surface area contributed by atoms with E-state index in [4.69, 9.17) is 16.3 Å². The summed E-state index contributed by atoms with van der Waals surface area (Å²) in [5.74, 6) is -0.245. The Morgan fingerprint density at radius 3 is 2.67 bits per heavy atom. The van der Waals surface area contributed by atoms with Crippen LogP contribution in [-0.2, 0) is 21.9 Å². The lowest BCUT2D eigenvalue weighted by Gasteiger charge is -2.09. The maximum absolute atomic E-state index is 10.5. The summed E-state index contributed by atoms with van der Waals surface area (Å²) in [5, 5.41) is 0.695. The van der Waals surface area contributed by atoms with Gasteiger partial charge in [-0.1, -0.05) is 11.6 Å². The topological polar surface area (TPSA) is 61.2 Å². The van der Waals surface area contributed by atoms with Gasteiger partial charge in [0.2, 0.25) is 0 Å². The number of nitrogens with zero attached hydrogens (tertiary/aromatic N) is 2. The molecule has 1 aromatic carbocycles. The lowest BCUT2D eigenvalue weighted by atomic mass is 10.2. The number of hydrogen-bond donors (Lipinski definition) is 1. The van der Waals surface area contributed by atoms with E-state index >= 15 is 0 Å². The molecule has 7 heteroatoms. The van der Waals surface area contributed by atoms with Crippen LogP contribution in [0.2, 0.25) is 5.02 Å². The van der Waals surface area contributed by atoms with Crippen LogP contribution in [0, 0.1) is 6.92 Å². The van der Waals surface area contributed by atoms with Gasteiger partial charge in [0.05, 0.1) is 17.6 Å². The first-order valence-electron chi connectivity index (χ1n) is 7.47. The molecular weight excluding hydrogens is 348 g/mol. The van der Waals surface area contributed by atoms with Gasteiger partial charge in [-0.25, -0.2) is 8.42 Å². The van der Waals surface area contributed by atoms with Crippen LogP contribution in [0.3, 0.4) is 0 Å². The Morgan fingerprint density at radius 1 is 1.21 bits per heavy atom. The summed E-state index contributed by atoms with van der Waals surface area (Å²) in [4.78, 5) is 4.50. The third kappa shape index (κ3) is 3.77. The van der Waals surface area contributed by atoms with E-state index in [-0.39, 0.29) is 5.94 Å². The fourth-order valence-corrected chi connectivity index (χ4v) is 3.05. The van der Waals surface area contributed by atoms with Crippen molar-refractivity contribution in [3.63, 3.8) is 0 Å². The van der Waals surface area contributed by atoms with E-state index in [1.165, 1.54) is 0 Å². The van der Waals surface area contributed by atoms with Gasteiger partial charge in [-0.15, -0.1) is 0 Å². The highest BCUT2D eigenvalue weighted by Crippen LogP contribution is 2.24. The third-order valence-electron chi connectivity index (χ3n) is 3.71. The molecule has 3 rings (SSSR count). The van der Waals surface area contributed by atoms with E-state index in [0.717, 1.165) is 28.0 Å². The molecule has 0 unspecified atom stereocenters. The Balaban J connectivity index is 1.90. The Bertz CT molecular complexity index is 925. The lowest BCUT2D eigenvalue weighted by Crippen LogP contribution is -2.02. The molecule has 5 nitrogen and oxygen atoms in total. The van der Waals surface area contributed by atoms with Crippen LogP contribution in [0.5, 0.6) is 0 Å². The van der Waals surface area contributed by atoms with E-state index < -0.39 is 10.7 Å². The highest BCUT2D eigenvalue weighted by atomic mass is 35.5. The molecule has 0 atom stereocenters. The van der Waals surface area contributed by atoms with Crippen molar-refractivity contribution in [1.82, 2.24) is 9.55 Å². The minimum atomic E-state index is -2.50. The van der Waals surface area contributed by atoms with Crippen LogP contribution in [0.4, 0.5) is 0 Å². The Hall–Kier alpha value is -1.89. The monoisotopic (exact) mass is 364 g/mol. The average Bonchev–Trinajstić information content (AvgIpc) is 2.87. The van der Waals surface area contributed by atoms with Crippen LogP contribution in [0.15, 0.2) is 42.6 Å². The van der Waals surface area contributed by atoms with Gasteiger partial charge < -0.3 is 9.30 Å². The highest BCUT2D eigenvalue weighted by molar-refractivity contribution is 7.72. The molecule has 0 spiro atoms. The lowest BCUT2D eigenvalue weighted by molar-refractivity contribution is 0.182. The number of benzene rings is 1. The normalized spacial score (nSPS) is 11.5. The second-order valence-corrected chi connectivity index (χ2v) is 6.83. The average molecular weight is 365 g/mol. The molecule has 0 fully saturated rings. The van der Waals surface area contributed by atoms with Gasteiger partial charge in [0, 0.05) is 22.6 Å². The molecule has 3 aromatic rings. The van der Waals surface area contributed by atoms with Crippen molar-refractivity contribution in [1.29, 1.82) is 0 Å². The number of ether oxygens (including phenoxy) is 1. The number of fused-ring (bicyclic) bond motifs is 1. The molecule has 0 amide bonds. The van der Waals surface area contributed by atoms with Crippen molar-refractivity contribution < 1.29 is 13.2 Å². The van der Waals surface area contributed by atoms with Gasteiger partial charge >= 0.3 is 0 Å². The van der Waals surface area contributed by atoms with Gasteiger partial charge in [0.1, 0.15) is 5.94 Å². The molecule has 2 aromatic heterocycles.